The van der Waals surface area contributed by atoms with Gasteiger partial charge in [0.2, 0.25) is 0 Å². The second-order valence-electron chi connectivity index (χ2n) is 4.29. The van der Waals surface area contributed by atoms with Crippen molar-refractivity contribution in [2.24, 2.45) is 5.92 Å². The number of rotatable bonds is 2. The van der Waals surface area contributed by atoms with Gasteiger partial charge in [0, 0.05) is 25.2 Å². The summed E-state index contributed by atoms with van der Waals surface area (Å²) in [6, 6.07) is 8.83. The standard InChI is InChI=1S/C13H15FN2/c14-12-3-5-13(6-4-12)16-9-1-2-11(10-16)7-8-15/h3-6,11H,1-2,7,9-10H2. The SMILES string of the molecule is N#CCC1CCCN(c2ccc(F)cc2)C1. The predicted molar refractivity (Wildman–Crippen MR) is 61.6 cm³/mol. The lowest BCUT2D eigenvalue weighted by Crippen LogP contribution is -2.35. The van der Waals surface area contributed by atoms with Gasteiger partial charge >= 0.3 is 0 Å². The van der Waals surface area contributed by atoms with E-state index in [1.807, 2.05) is 12.1 Å². The molecule has 1 heterocycles. The fourth-order valence-electron chi connectivity index (χ4n) is 2.25. The second-order valence-corrected chi connectivity index (χ2v) is 4.29. The molecule has 0 N–H and O–H groups in total. The van der Waals surface area contributed by atoms with E-state index in [0.29, 0.717) is 12.3 Å². The molecule has 0 bridgehead atoms. The van der Waals surface area contributed by atoms with E-state index in [4.69, 9.17) is 5.26 Å². The van der Waals surface area contributed by atoms with Crippen LogP contribution >= 0.6 is 0 Å². The van der Waals surface area contributed by atoms with Crippen molar-refractivity contribution in [1.82, 2.24) is 0 Å². The smallest absolute Gasteiger partial charge is 0.123 e. The van der Waals surface area contributed by atoms with Crippen molar-refractivity contribution in [3.05, 3.63) is 30.1 Å². The summed E-state index contributed by atoms with van der Waals surface area (Å²) in [6.45, 7) is 1.92. The Bertz CT molecular complexity index is 380. The number of anilines is 1. The molecule has 0 aromatic heterocycles. The van der Waals surface area contributed by atoms with Crippen LogP contribution in [-0.4, -0.2) is 13.1 Å². The summed E-state index contributed by atoms with van der Waals surface area (Å²) in [7, 11) is 0. The molecule has 0 spiro atoms. The summed E-state index contributed by atoms with van der Waals surface area (Å²) < 4.78 is 12.8. The number of benzene rings is 1. The Kier molecular flexibility index (Phi) is 3.40. The van der Waals surface area contributed by atoms with E-state index in [0.717, 1.165) is 31.6 Å². The van der Waals surface area contributed by atoms with Gasteiger partial charge in [0.05, 0.1) is 6.07 Å². The van der Waals surface area contributed by atoms with Gasteiger partial charge in [-0.3, -0.25) is 0 Å². The molecule has 0 amide bonds. The van der Waals surface area contributed by atoms with Crippen LogP contribution in [-0.2, 0) is 0 Å². The number of hydrogen-bond acceptors (Lipinski definition) is 2. The third-order valence-corrected chi connectivity index (χ3v) is 3.09. The van der Waals surface area contributed by atoms with E-state index < -0.39 is 0 Å². The molecule has 0 aliphatic carbocycles. The maximum Gasteiger partial charge on any atom is 0.123 e. The third kappa shape index (κ3) is 2.52. The lowest BCUT2D eigenvalue weighted by atomic mass is 9.95. The molecular formula is C13H15FN2. The fraction of sp³-hybridized carbons (Fsp3) is 0.462. The monoisotopic (exact) mass is 218 g/mol. The van der Waals surface area contributed by atoms with E-state index in [1.165, 1.54) is 12.1 Å². The Hall–Kier alpha value is -1.56. The zero-order chi connectivity index (χ0) is 11.4. The molecule has 16 heavy (non-hydrogen) atoms. The summed E-state index contributed by atoms with van der Waals surface area (Å²) >= 11 is 0. The number of hydrogen-bond donors (Lipinski definition) is 0. The van der Waals surface area contributed by atoms with Gasteiger partial charge in [0.15, 0.2) is 0 Å². The molecule has 1 saturated heterocycles. The molecule has 1 aromatic carbocycles. The van der Waals surface area contributed by atoms with Crippen LogP contribution in [0.25, 0.3) is 0 Å². The first-order chi connectivity index (χ1) is 7.79. The fourth-order valence-corrected chi connectivity index (χ4v) is 2.25. The van der Waals surface area contributed by atoms with Crippen molar-refractivity contribution in [2.75, 3.05) is 18.0 Å². The minimum Gasteiger partial charge on any atom is -0.371 e. The molecule has 1 aliphatic rings. The van der Waals surface area contributed by atoms with Gasteiger partial charge in [-0.05, 0) is 43.0 Å². The average molecular weight is 218 g/mol. The summed E-state index contributed by atoms with van der Waals surface area (Å²) in [6.07, 6.45) is 2.87. The highest BCUT2D eigenvalue weighted by Crippen LogP contribution is 2.24. The van der Waals surface area contributed by atoms with Gasteiger partial charge in [-0.2, -0.15) is 5.26 Å². The van der Waals surface area contributed by atoms with Gasteiger partial charge < -0.3 is 4.90 Å². The Morgan fingerprint density at radius 3 is 2.81 bits per heavy atom. The van der Waals surface area contributed by atoms with E-state index in [9.17, 15) is 4.39 Å². The minimum atomic E-state index is -0.200. The second kappa shape index (κ2) is 4.98. The van der Waals surface area contributed by atoms with Gasteiger partial charge in [-0.1, -0.05) is 0 Å². The predicted octanol–water partition coefficient (Wildman–Crippen LogP) is 2.96. The largest absolute Gasteiger partial charge is 0.371 e. The highest BCUT2D eigenvalue weighted by atomic mass is 19.1. The van der Waals surface area contributed by atoms with Crippen LogP contribution in [0.5, 0.6) is 0 Å². The molecule has 0 saturated carbocycles. The average Bonchev–Trinajstić information content (AvgIpc) is 2.31. The quantitative estimate of drug-likeness (QED) is 0.763. The van der Waals surface area contributed by atoms with Gasteiger partial charge in [-0.15, -0.1) is 0 Å². The van der Waals surface area contributed by atoms with Crippen LogP contribution < -0.4 is 4.90 Å². The summed E-state index contributed by atoms with van der Waals surface area (Å²) in [5.74, 6) is 0.262. The first-order valence-electron chi connectivity index (χ1n) is 5.67. The highest BCUT2D eigenvalue weighted by Gasteiger charge is 2.19. The first-order valence-corrected chi connectivity index (χ1v) is 5.67. The molecule has 1 atom stereocenters. The van der Waals surface area contributed by atoms with Crippen LogP contribution in [0.15, 0.2) is 24.3 Å². The Morgan fingerprint density at radius 1 is 1.38 bits per heavy atom. The molecule has 84 valence electrons. The first kappa shape index (κ1) is 10.9. The van der Waals surface area contributed by atoms with Crippen molar-refractivity contribution < 1.29 is 4.39 Å². The molecule has 1 aliphatic heterocycles. The molecule has 1 aromatic rings. The maximum atomic E-state index is 12.8. The summed E-state index contributed by atoms with van der Waals surface area (Å²) in [5.41, 5.74) is 1.06. The molecule has 1 fully saturated rings. The van der Waals surface area contributed by atoms with E-state index >= 15 is 0 Å². The van der Waals surface area contributed by atoms with Crippen LogP contribution in [0.4, 0.5) is 10.1 Å². The number of nitrogens with zero attached hydrogens (tertiary/aromatic N) is 2. The van der Waals surface area contributed by atoms with E-state index in [-0.39, 0.29) is 5.82 Å². The van der Waals surface area contributed by atoms with Crippen LogP contribution in [0.1, 0.15) is 19.3 Å². The van der Waals surface area contributed by atoms with Crippen molar-refractivity contribution in [1.29, 1.82) is 5.26 Å². The molecular weight excluding hydrogens is 203 g/mol. The number of nitriles is 1. The van der Waals surface area contributed by atoms with Gasteiger partial charge in [-0.25, -0.2) is 4.39 Å². The molecule has 2 nitrogen and oxygen atoms in total. The Morgan fingerprint density at radius 2 is 2.12 bits per heavy atom. The molecule has 2 rings (SSSR count). The lowest BCUT2D eigenvalue weighted by Gasteiger charge is -2.33. The zero-order valence-electron chi connectivity index (χ0n) is 9.19. The summed E-state index contributed by atoms with van der Waals surface area (Å²) in [4.78, 5) is 2.24. The maximum absolute atomic E-state index is 12.8. The topological polar surface area (TPSA) is 27.0 Å². The number of piperidine rings is 1. The zero-order valence-corrected chi connectivity index (χ0v) is 9.19. The van der Waals surface area contributed by atoms with E-state index in [2.05, 4.69) is 11.0 Å². The Labute approximate surface area is 95.3 Å². The normalized spacial score (nSPS) is 20.5. The van der Waals surface area contributed by atoms with Crippen molar-refractivity contribution in [2.45, 2.75) is 19.3 Å². The van der Waals surface area contributed by atoms with Crippen molar-refractivity contribution in [3.63, 3.8) is 0 Å². The summed E-state index contributed by atoms with van der Waals surface area (Å²) in [5, 5.41) is 8.69. The van der Waals surface area contributed by atoms with Crippen LogP contribution in [0.2, 0.25) is 0 Å². The van der Waals surface area contributed by atoms with Gasteiger partial charge in [0.25, 0.3) is 0 Å². The van der Waals surface area contributed by atoms with E-state index in [1.54, 1.807) is 0 Å². The van der Waals surface area contributed by atoms with Crippen molar-refractivity contribution >= 4 is 5.69 Å². The number of halogens is 1. The molecule has 1 unspecified atom stereocenters. The molecule has 3 heteroatoms. The highest BCUT2D eigenvalue weighted by molar-refractivity contribution is 5.46. The lowest BCUT2D eigenvalue weighted by molar-refractivity contribution is 0.422. The molecule has 0 radical (unpaired) electrons. The minimum absolute atomic E-state index is 0.200. The Balaban J connectivity index is 2.04. The van der Waals surface area contributed by atoms with Crippen LogP contribution in [0, 0.1) is 23.1 Å². The van der Waals surface area contributed by atoms with Crippen molar-refractivity contribution in [3.8, 4) is 6.07 Å². The van der Waals surface area contributed by atoms with Crippen LogP contribution in [0.3, 0.4) is 0 Å². The van der Waals surface area contributed by atoms with Gasteiger partial charge in [0.1, 0.15) is 5.82 Å². The third-order valence-electron chi connectivity index (χ3n) is 3.09.